The minimum Gasteiger partial charge on any atom is -0.494 e. The fourth-order valence-corrected chi connectivity index (χ4v) is 3.29. The minimum atomic E-state index is -0.399. The number of carbonyl (C=O) groups is 1. The van der Waals surface area contributed by atoms with Crippen molar-refractivity contribution >= 4 is 5.78 Å². The van der Waals surface area contributed by atoms with E-state index in [2.05, 4.69) is 13.8 Å². The lowest BCUT2D eigenvalue weighted by Gasteiger charge is -2.30. The second-order valence-electron chi connectivity index (χ2n) is 6.43. The van der Waals surface area contributed by atoms with Crippen molar-refractivity contribution in [1.29, 1.82) is 0 Å². The van der Waals surface area contributed by atoms with E-state index in [1.165, 1.54) is 7.11 Å². The Kier molecular flexibility index (Phi) is 5.38. The average molecular weight is 292 g/mol. The normalized spacial score (nSPS) is 22.3. The quantitative estimate of drug-likeness (QED) is 0.803. The van der Waals surface area contributed by atoms with E-state index >= 15 is 0 Å². The maximum absolute atomic E-state index is 14.1. The molecule has 1 aliphatic carbocycles. The fraction of sp³-hybridized carbons (Fsp3) is 0.611. The number of hydrogen-bond acceptors (Lipinski definition) is 2. The van der Waals surface area contributed by atoms with Crippen molar-refractivity contribution in [1.82, 2.24) is 0 Å². The Labute approximate surface area is 126 Å². The smallest absolute Gasteiger partial charge is 0.168 e. The molecule has 1 aromatic rings. The second-order valence-corrected chi connectivity index (χ2v) is 6.43. The zero-order chi connectivity index (χ0) is 15.4. The van der Waals surface area contributed by atoms with Crippen LogP contribution in [0.4, 0.5) is 4.39 Å². The molecular weight excluding hydrogens is 267 g/mol. The van der Waals surface area contributed by atoms with Gasteiger partial charge < -0.3 is 4.74 Å². The standard InChI is InChI=1S/C18H25FO2/c1-12(2)13-7-9-14(10-8-13)16(20)11-15-5-4-6-17(21-3)18(15)19/h4-6,12-14H,7-11H2,1-3H3. The van der Waals surface area contributed by atoms with Crippen LogP contribution in [-0.4, -0.2) is 12.9 Å². The molecule has 0 bridgehead atoms. The molecule has 0 unspecified atom stereocenters. The van der Waals surface area contributed by atoms with Crippen LogP contribution in [0.2, 0.25) is 0 Å². The fourth-order valence-electron chi connectivity index (χ4n) is 3.29. The minimum absolute atomic E-state index is 0.102. The molecule has 0 N–H and O–H groups in total. The van der Waals surface area contributed by atoms with Gasteiger partial charge in [0.2, 0.25) is 0 Å². The number of ether oxygens (including phenoxy) is 1. The Morgan fingerprint density at radius 3 is 2.52 bits per heavy atom. The van der Waals surface area contributed by atoms with Gasteiger partial charge in [0.15, 0.2) is 11.6 Å². The molecule has 116 valence electrons. The zero-order valence-electron chi connectivity index (χ0n) is 13.2. The number of halogens is 1. The average Bonchev–Trinajstić information content (AvgIpc) is 2.49. The van der Waals surface area contributed by atoms with Crippen LogP contribution in [-0.2, 0) is 11.2 Å². The topological polar surface area (TPSA) is 26.3 Å². The maximum Gasteiger partial charge on any atom is 0.168 e. The highest BCUT2D eigenvalue weighted by atomic mass is 19.1. The second kappa shape index (κ2) is 7.06. The number of ketones is 1. The summed E-state index contributed by atoms with van der Waals surface area (Å²) in [5.41, 5.74) is 0.449. The van der Waals surface area contributed by atoms with Crippen molar-refractivity contribution in [3.63, 3.8) is 0 Å². The molecule has 3 heteroatoms. The van der Waals surface area contributed by atoms with Crippen molar-refractivity contribution in [2.24, 2.45) is 17.8 Å². The van der Waals surface area contributed by atoms with E-state index in [4.69, 9.17) is 4.74 Å². The van der Waals surface area contributed by atoms with Crippen LogP contribution in [0.1, 0.15) is 45.1 Å². The van der Waals surface area contributed by atoms with E-state index in [1.54, 1.807) is 18.2 Å². The Hall–Kier alpha value is -1.38. The van der Waals surface area contributed by atoms with Gasteiger partial charge in [0, 0.05) is 12.3 Å². The van der Waals surface area contributed by atoms with Crippen molar-refractivity contribution < 1.29 is 13.9 Å². The first kappa shape index (κ1) is 16.0. The SMILES string of the molecule is COc1cccc(CC(=O)C2CCC(C(C)C)CC2)c1F. The predicted molar refractivity (Wildman–Crippen MR) is 81.9 cm³/mol. The van der Waals surface area contributed by atoms with Crippen LogP contribution in [0.5, 0.6) is 5.75 Å². The predicted octanol–water partition coefficient (Wildman–Crippen LogP) is 4.41. The summed E-state index contributed by atoms with van der Waals surface area (Å²) in [7, 11) is 1.44. The molecule has 0 atom stereocenters. The summed E-state index contributed by atoms with van der Waals surface area (Å²) in [6.45, 7) is 4.50. The van der Waals surface area contributed by atoms with Crippen LogP contribution < -0.4 is 4.74 Å². The highest BCUT2D eigenvalue weighted by Gasteiger charge is 2.28. The van der Waals surface area contributed by atoms with E-state index in [-0.39, 0.29) is 23.9 Å². The number of hydrogen-bond donors (Lipinski definition) is 0. The van der Waals surface area contributed by atoms with Crippen molar-refractivity contribution in [2.75, 3.05) is 7.11 Å². The molecule has 1 aliphatic rings. The molecule has 0 heterocycles. The van der Waals surface area contributed by atoms with E-state index in [1.807, 2.05) is 0 Å². The van der Waals surface area contributed by atoms with Crippen LogP contribution in [0, 0.1) is 23.6 Å². The number of carbonyl (C=O) groups excluding carboxylic acids is 1. The summed E-state index contributed by atoms with van der Waals surface area (Å²) in [6, 6.07) is 4.99. The first-order valence-electron chi connectivity index (χ1n) is 7.87. The van der Waals surface area contributed by atoms with Gasteiger partial charge in [0.1, 0.15) is 5.78 Å². The molecule has 0 aliphatic heterocycles. The molecule has 0 amide bonds. The maximum atomic E-state index is 14.1. The Bertz CT molecular complexity index is 488. The highest BCUT2D eigenvalue weighted by molar-refractivity contribution is 5.83. The molecule has 0 saturated heterocycles. The Morgan fingerprint density at radius 2 is 1.95 bits per heavy atom. The lowest BCUT2D eigenvalue weighted by atomic mass is 9.75. The molecule has 2 nitrogen and oxygen atoms in total. The van der Waals surface area contributed by atoms with Gasteiger partial charge in [0.05, 0.1) is 7.11 Å². The van der Waals surface area contributed by atoms with Crippen LogP contribution in [0.3, 0.4) is 0 Å². The van der Waals surface area contributed by atoms with Crippen molar-refractivity contribution in [2.45, 2.75) is 46.0 Å². The zero-order valence-corrected chi connectivity index (χ0v) is 13.2. The lowest BCUT2D eigenvalue weighted by molar-refractivity contribution is -0.123. The van der Waals surface area contributed by atoms with Gasteiger partial charge in [-0.05, 0) is 49.1 Å². The monoisotopic (exact) mass is 292 g/mol. The van der Waals surface area contributed by atoms with Gasteiger partial charge in [-0.2, -0.15) is 0 Å². The van der Waals surface area contributed by atoms with Gasteiger partial charge in [-0.15, -0.1) is 0 Å². The number of methoxy groups -OCH3 is 1. The first-order chi connectivity index (χ1) is 10.0. The summed E-state index contributed by atoms with van der Waals surface area (Å²) in [4.78, 5) is 12.4. The molecule has 0 aromatic heterocycles. The molecular formula is C18H25FO2. The van der Waals surface area contributed by atoms with E-state index in [0.717, 1.165) is 31.6 Å². The van der Waals surface area contributed by atoms with E-state index in [9.17, 15) is 9.18 Å². The summed E-state index contributed by atoms with van der Waals surface area (Å²) >= 11 is 0. The van der Waals surface area contributed by atoms with Gasteiger partial charge in [-0.3, -0.25) is 4.79 Å². The Balaban J connectivity index is 1.97. The largest absolute Gasteiger partial charge is 0.494 e. The van der Waals surface area contributed by atoms with Crippen LogP contribution >= 0.6 is 0 Å². The molecule has 2 rings (SSSR count). The molecule has 1 fully saturated rings. The number of benzene rings is 1. The Morgan fingerprint density at radius 1 is 1.29 bits per heavy atom. The van der Waals surface area contributed by atoms with Crippen molar-refractivity contribution in [3.8, 4) is 5.75 Å². The van der Waals surface area contributed by atoms with Gasteiger partial charge >= 0.3 is 0 Å². The third-order valence-electron chi connectivity index (χ3n) is 4.80. The van der Waals surface area contributed by atoms with E-state index in [0.29, 0.717) is 11.5 Å². The number of Topliss-reactive ketones (excluding diaryl/α,β-unsaturated/α-hetero) is 1. The molecule has 1 saturated carbocycles. The highest BCUT2D eigenvalue weighted by Crippen LogP contribution is 2.34. The molecule has 21 heavy (non-hydrogen) atoms. The van der Waals surface area contributed by atoms with Crippen LogP contribution in [0.25, 0.3) is 0 Å². The van der Waals surface area contributed by atoms with Crippen LogP contribution in [0.15, 0.2) is 18.2 Å². The summed E-state index contributed by atoms with van der Waals surface area (Å²) < 4.78 is 19.1. The lowest BCUT2D eigenvalue weighted by Crippen LogP contribution is -2.25. The third-order valence-corrected chi connectivity index (χ3v) is 4.80. The summed E-state index contributed by atoms with van der Waals surface area (Å²) in [5, 5.41) is 0. The molecule has 0 radical (unpaired) electrons. The van der Waals surface area contributed by atoms with Crippen molar-refractivity contribution in [3.05, 3.63) is 29.6 Å². The number of rotatable bonds is 5. The van der Waals surface area contributed by atoms with Gasteiger partial charge in [0.25, 0.3) is 0 Å². The van der Waals surface area contributed by atoms with Gasteiger partial charge in [-0.1, -0.05) is 26.0 Å². The first-order valence-corrected chi connectivity index (χ1v) is 7.87. The third kappa shape index (κ3) is 3.84. The summed E-state index contributed by atoms with van der Waals surface area (Å²) in [5.74, 6) is 1.52. The van der Waals surface area contributed by atoms with E-state index < -0.39 is 5.82 Å². The summed E-state index contributed by atoms with van der Waals surface area (Å²) in [6.07, 6.45) is 4.32. The molecule has 1 aromatic carbocycles. The van der Waals surface area contributed by atoms with Gasteiger partial charge in [-0.25, -0.2) is 4.39 Å². The molecule has 0 spiro atoms.